The second-order valence-corrected chi connectivity index (χ2v) is 12.2. The molecule has 0 aromatic heterocycles. The molecule has 224 valence electrons. The summed E-state index contributed by atoms with van der Waals surface area (Å²) < 4.78 is 16.3. The van der Waals surface area contributed by atoms with Crippen molar-refractivity contribution in [2.45, 2.75) is 71.1 Å². The highest BCUT2D eigenvalue weighted by molar-refractivity contribution is 6.03. The van der Waals surface area contributed by atoms with Crippen LogP contribution in [0.15, 0.2) is 48.5 Å². The molecule has 5 rings (SSSR count). The molecule has 3 aliphatic heterocycles. The summed E-state index contributed by atoms with van der Waals surface area (Å²) in [6.07, 6.45) is 3.37. The normalized spacial score (nSPS) is 22.5. The van der Waals surface area contributed by atoms with E-state index in [9.17, 15) is 19.2 Å². The standard InChI is InChI=1S/C32H39N3O7/c1-22(36)41-25-10-11-27(33-30(39)40-19-23-8-5-4-6-9-23)26(18-25)28(37)34-16-12-24(13-17-34)35-15-7-14-32(21-35)20-31(2,3)42-29(32)38/h4-6,8-11,18,24H,7,12-17,19-21H2,1-3H3,(H,33,39). The van der Waals surface area contributed by atoms with E-state index in [0.717, 1.165) is 44.2 Å². The summed E-state index contributed by atoms with van der Waals surface area (Å²) in [6.45, 7) is 8.00. The Morgan fingerprint density at radius 2 is 1.79 bits per heavy atom. The van der Waals surface area contributed by atoms with Crippen molar-refractivity contribution in [3.63, 3.8) is 0 Å². The number of carbonyl (C=O) groups excluding carboxylic acids is 4. The van der Waals surface area contributed by atoms with Gasteiger partial charge in [0.25, 0.3) is 5.91 Å². The SMILES string of the molecule is CC(=O)Oc1ccc(NC(=O)OCc2ccccc2)c(C(=O)N2CCC(N3CCCC4(C3)CC(C)(C)OC4=O)CC2)c1. The average molecular weight is 578 g/mol. The van der Waals surface area contributed by atoms with E-state index >= 15 is 0 Å². The van der Waals surface area contributed by atoms with Crippen molar-refractivity contribution in [2.75, 3.05) is 31.5 Å². The lowest BCUT2D eigenvalue weighted by molar-refractivity contribution is -0.154. The number of esters is 2. The molecule has 3 heterocycles. The van der Waals surface area contributed by atoms with Gasteiger partial charge in [0.05, 0.1) is 16.7 Å². The Labute approximate surface area is 246 Å². The maximum atomic E-state index is 13.7. The Morgan fingerprint density at radius 1 is 1.05 bits per heavy atom. The van der Waals surface area contributed by atoms with Crippen molar-refractivity contribution >= 4 is 29.6 Å². The second-order valence-electron chi connectivity index (χ2n) is 12.2. The second kappa shape index (κ2) is 12.1. The number of cyclic esters (lactones) is 1. The van der Waals surface area contributed by atoms with Crippen LogP contribution in [0.25, 0.3) is 0 Å². The van der Waals surface area contributed by atoms with Gasteiger partial charge in [-0.2, -0.15) is 0 Å². The van der Waals surface area contributed by atoms with E-state index in [1.165, 1.54) is 25.1 Å². The van der Waals surface area contributed by atoms with Crippen LogP contribution in [0.1, 0.15) is 68.8 Å². The first-order valence-electron chi connectivity index (χ1n) is 14.6. The van der Waals surface area contributed by atoms with Crippen molar-refractivity contribution in [3.8, 4) is 5.75 Å². The number of nitrogens with zero attached hydrogens (tertiary/aromatic N) is 2. The fraction of sp³-hybridized carbons (Fsp3) is 0.500. The van der Waals surface area contributed by atoms with E-state index in [4.69, 9.17) is 14.2 Å². The van der Waals surface area contributed by atoms with E-state index < -0.39 is 23.1 Å². The van der Waals surface area contributed by atoms with Gasteiger partial charge in [0.15, 0.2) is 0 Å². The largest absolute Gasteiger partial charge is 0.459 e. The molecule has 0 aliphatic carbocycles. The average Bonchev–Trinajstić information content (AvgIpc) is 3.18. The van der Waals surface area contributed by atoms with Gasteiger partial charge in [-0.25, -0.2) is 4.79 Å². The predicted molar refractivity (Wildman–Crippen MR) is 155 cm³/mol. The Hall–Kier alpha value is -3.92. The van der Waals surface area contributed by atoms with Crippen molar-refractivity contribution in [1.29, 1.82) is 0 Å². The summed E-state index contributed by atoms with van der Waals surface area (Å²) >= 11 is 0. The number of ether oxygens (including phenoxy) is 3. The lowest BCUT2D eigenvalue weighted by atomic mass is 9.74. The van der Waals surface area contributed by atoms with Crippen molar-refractivity contribution < 1.29 is 33.4 Å². The first-order valence-corrected chi connectivity index (χ1v) is 14.6. The summed E-state index contributed by atoms with van der Waals surface area (Å²) in [6, 6.07) is 14.1. The van der Waals surface area contributed by atoms with Crippen LogP contribution in [0.2, 0.25) is 0 Å². The van der Waals surface area contributed by atoms with Gasteiger partial charge in [-0.3, -0.25) is 24.6 Å². The van der Waals surface area contributed by atoms with Crippen LogP contribution in [0, 0.1) is 5.41 Å². The Bertz CT molecular complexity index is 1340. The third-order valence-electron chi connectivity index (χ3n) is 8.37. The summed E-state index contributed by atoms with van der Waals surface area (Å²) in [5.74, 6) is -0.642. The summed E-state index contributed by atoms with van der Waals surface area (Å²) in [7, 11) is 0. The van der Waals surface area contributed by atoms with Gasteiger partial charge in [-0.05, 0) is 69.8 Å². The molecule has 1 unspecified atom stereocenters. The van der Waals surface area contributed by atoms with E-state index in [2.05, 4.69) is 10.2 Å². The van der Waals surface area contributed by atoms with E-state index in [1.807, 2.05) is 44.2 Å². The predicted octanol–water partition coefficient (Wildman–Crippen LogP) is 4.77. The zero-order chi connectivity index (χ0) is 29.9. The molecular formula is C32H39N3O7. The minimum Gasteiger partial charge on any atom is -0.459 e. The maximum Gasteiger partial charge on any atom is 0.411 e. The number of hydrogen-bond donors (Lipinski definition) is 1. The zero-order valence-corrected chi connectivity index (χ0v) is 24.5. The third-order valence-corrected chi connectivity index (χ3v) is 8.37. The van der Waals surface area contributed by atoms with Gasteiger partial charge in [0.2, 0.25) is 0 Å². The van der Waals surface area contributed by atoms with Gasteiger partial charge in [-0.15, -0.1) is 0 Å². The lowest BCUT2D eigenvalue weighted by Gasteiger charge is -2.44. The quantitative estimate of drug-likeness (QED) is 0.386. The Balaban J connectivity index is 1.24. The molecule has 0 radical (unpaired) electrons. The lowest BCUT2D eigenvalue weighted by Crippen LogP contribution is -2.53. The number of anilines is 1. The highest BCUT2D eigenvalue weighted by Crippen LogP contribution is 2.46. The van der Waals surface area contributed by atoms with Gasteiger partial charge >= 0.3 is 18.0 Å². The molecule has 2 amide bonds. The van der Waals surface area contributed by atoms with E-state index in [1.54, 1.807) is 4.90 Å². The Kier molecular flexibility index (Phi) is 8.54. The molecule has 2 aromatic rings. The molecule has 1 atom stereocenters. The van der Waals surface area contributed by atoms with Crippen LogP contribution in [0.3, 0.4) is 0 Å². The smallest absolute Gasteiger partial charge is 0.411 e. The monoisotopic (exact) mass is 577 g/mol. The topological polar surface area (TPSA) is 114 Å². The van der Waals surface area contributed by atoms with Crippen LogP contribution in [-0.4, -0.2) is 71.6 Å². The number of amides is 2. The number of benzene rings is 2. The maximum absolute atomic E-state index is 13.7. The number of hydrogen-bond acceptors (Lipinski definition) is 8. The molecule has 2 aromatic carbocycles. The van der Waals surface area contributed by atoms with Crippen LogP contribution in [0.5, 0.6) is 5.75 Å². The summed E-state index contributed by atoms with van der Waals surface area (Å²) in [5, 5.41) is 2.68. The number of carbonyl (C=O) groups is 4. The summed E-state index contributed by atoms with van der Waals surface area (Å²) in [4.78, 5) is 54.9. The van der Waals surface area contributed by atoms with Crippen LogP contribution >= 0.6 is 0 Å². The molecule has 3 saturated heterocycles. The number of piperidine rings is 2. The third kappa shape index (κ3) is 6.75. The minimum atomic E-state index is -0.695. The molecule has 3 aliphatic rings. The minimum absolute atomic E-state index is 0.0835. The van der Waals surface area contributed by atoms with Crippen molar-refractivity contribution in [2.24, 2.45) is 5.41 Å². The molecular weight excluding hydrogens is 538 g/mol. The van der Waals surface area contributed by atoms with E-state index in [-0.39, 0.29) is 41.5 Å². The van der Waals surface area contributed by atoms with Gasteiger partial charge in [0.1, 0.15) is 18.0 Å². The number of nitrogens with one attached hydrogen (secondary N) is 1. The number of rotatable bonds is 6. The zero-order valence-electron chi connectivity index (χ0n) is 24.5. The Morgan fingerprint density at radius 3 is 2.45 bits per heavy atom. The fourth-order valence-electron chi connectivity index (χ4n) is 6.58. The fourth-order valence-corrected chi connectivity index (χ4v) is 6.58. The molecule has 0 bridgehead atoms. The molecule has 42 heavy (non-hydrogen) atoms. The molecule has 1 spiro atoms. The van der Waals surface area contributed by atoms with Crippen LogP contribution in [0.4, 0.5) is 10.5 Å². The van der Waals surface area contributed by atoms with Crippen molar-refractivity contribution in [1.82, 2.24) is 9.80 Å². The van der Waals surface area contributed by atoms with Gasteiger partial charge in [0, 0.05) is 39.0 Å². The van der Waals surface area contributed by atoms with Crippen LogP contribution in [-0.2, 0) is 25.7 Å². The van der Waals surface area contributed by atoms with Gasteiger partial charge in [-0.1, -0.05) is 30.3 Å². The molecule has 10 heteroatoms. The van der Waals surface area contributed by atoms with Crippen LogP contribution < -0.4 is 10.1 Å². The highest BCUT2D eigenvalue weighted by atomic mass is 16.6. The number of likely N-dealkylation sites (tertiary alicyclic amines) is 2. The molecule has 3 fully saturated rings. The summed E-state index contributed by atoms with van der Waals surface area (Å²) in [5.41, 5.74) is 0.455. The molecule has 1 N–H and O–H groups in total. The molecule has 0 saturated carbocycles. The first-order chi connectivity index (χ1) is 20.0. The molecule has 10 nitrogen and oxygen atoms in total. The van der Waals surface area contributed by atoms with E-state index in [0.29, 0.717) is 19.6 Å². The highest BCUT2D eigenvalue weighted by Gasteiger charge is 2.54. The first kappa shape index (κ1) is 29.6. The van der Waals surface area contributed by atoms with Crippen molar-refractivity contribution in [3.05, 3.63) is 59.7 Å². The van der Waals surface area contributed by atoms with Gasteiger partial charge < -0.3 is 19.1 Å².